The van der Waals surface area contributed by atoms with Crippen LogP contribution < -0.4 is 4.72 Å². The standard InChI is InChI=1S/C9H10NO4S/c1-15(12,13)10-9(14-7-11)8-5-3-2-4-6-8/h2-6,9-10H,1H3. The number of sulfonamides is 1. The zero-order chi connectivity index (χ0) is 11.3. The third-order valence-corrected chi connectivity index (χ3v) is 2.23. The van der Waals surface area contributed by atoms with Gasteiger partial charge < -0.3 is 4.74 Å². The van der Waals surface area contributed by atoms with Crippen molar-refractivity contribution in [3.8, 4) is 0 Å². The van der Waals surface area contributed by atoms with E-state index in [4.69, 9.17) is 0 Å². The molecule has 1 radical (unpaired) electrons. The van der Waals surface area contributed by atoms with Crippen LogP contribution in [0.5, 0.6) is 0 Å². The van der Waals surface area contributed by atoms with Crippen LogP contribution in [0.4, 0.5) is 0 Å². The van der Waals surface area contributed by atoms with Crippen molar-refractivity contribution in [1.29, 1.82) is 0 Å². The summed E-state index contributed by atoms with van der Waals surface area (Å²) in [5.41, 5.74) is 0.534. The maximum Gasteiger partial charge on any atom is 0.419 e. The second-order valence-corrected chi connectivity index (χ2v) is 4.66. The molecule has 0 fully saturated rings. The molecular formula is C9H10NO4S. The van der Waals surface area contributed by atoms with Gasteiger partial charge in [-0.05, 0) is 0 Å². The average molecular weight is 228 g/mol. The fourth-order valence-electron chi connectivity index (χ4n) is 1.03. The molecule has 1 unspecified atom stereocenters. The van der Waals surface area contributed by atoms with Crippen LogP contribution in [0.1, 0.15) is 11.8 Å². The van der Waals surface area contributed by atoms with Gasteiger partial charge in [0.05, 0.1) is 6.26 Å². The largest absolute Gasteiger partial charge is 0.433 e. The monoisotopic (exact) mass is 228 g/mol. The topological polar surface area (TPSA) is 72.5 Å². The van der Waals surface area contributed by atoms with Crippen LogP contribution >= 0.6 is 0 Å². The molecule has 0 bridgehead atoms. The van der Waals surface area contributed by atoms with Crippen molar-refractivity contribution >= 4 is 16.5 Å². The van der Waals surface area contributed by atoms with Crippen molar-refractivity contribution in [2.45, 2.75) is 6.23 Å². The molecule has 15 heavy (non-hydrogen) atoms. The molecular weight excluding hydrogens is 218 g/mol. The van der Waals surface area contributed by atoms with Crippen LogP contribution in [-0.2, 0) is 19.6 Å². The summed E-state index contributed by atoms with van der Waals surface area (Å²) in [5.74, 6) is 0. The highest BCUT2D eigenvalue weighted by molar-refractivity contribution is 7.88. The molecule has 1 atom stereocenters. The summed E-state index contributed by atoms with van der Waals surface area (Å²) in [6, 6.07) is 8.47. The normalized spacial score (nSPS) is 13.1. The highest BCUT2D eigenvalue weighted by Gasteiger charge is 2.16. The van der Waals surface area contributed by atoms with Crippen LogP contribution in [0.3, 0.4) is 0 Å². The number of nitrogens with one attached hydrogen (secondary N) is 1. The number of hydrogen-bond acceptors (Lipinski definition) is 4. The molecule has 0 saturated heterocycles. The van der Waals surface area contributed by atoms with Crippen molar-refractivity contribution in [3.63, 3.8) is 0 Å². The van der Waals surface area contributed by atoms with E-state index in [2.05, 4.69) is 9.46 Å². The van der Waals surface area contributed by atoms with Gasteiger partial charge in [-0.15, -0.1) is 0 Å². The Balaban J connectivity index is 2.88. The van der Waals surface area contributed by atoms with Gasteiger partial charge in [-0.1, -0.05) is 30.3 Å². The van der Waals surface area contributed by atoms with E-state index in [1.807, 2.05) is 0 Å². The van der Waals surface area contributed by atoms with Gasteiger partial charge in [-0.3, -0.25) is 0 Å². The average Bonchev–Trinajstić information content (AvgIpc) is 2.17. The van der Waals surface area contributed by atoms with Crippen molar-refractivity contribution in [2.24, 2.45) is 0 Å². The zero-order valence-corrected chi connectivity index (χ0v) is 8.82. The highest BCUT2D eigenvalue weighted by atomic mass is 32.2. The van der Waals surface area contributed by atoms with Gasteiger partial charge in [0.15, 0.2) is 6.23 Å². The van der Waals surface area contributed by atoms with Crippen LogP contribution in [0.2, 0.25) is 0 Å². The van der Waals surface area contributed by atoms with Gasteiger partial charge >= 0.3 is 6.47 Å². The van der Waals surface area contributed by atoms with E-state index in [0.717, 1.165) is 6.26 Å². The molecule has 5 nitrogen and oxygen atoms in total. The van der Waals surface area contributed by atoms with E-state index in [1.54, 1.807) is 30.3 Å². The van der Waals surface area contributed by atoms with E-state index < -0.39 is 16.3 Å². The Labute approximate surface area is 88.1 Å². The summed E-state index contributed by atoms with van der Waals surface area (Å²) in [6.07, 6.45) is -0.0457. The minimum Gasteiger partial charge on any atom is -0.433 e. The summed E-state index contributed by atoms with van der Waals surface area (Å²) in [5, 5.41) is 0. The van der Waals surface area contributed by atoms with Crippen molar-refractivity contribution in [2.75, 3.05) is 6.26 Å². The SMILES string of the molecule is CS(=O)(=O)NC(O[C]=O)c1ccccc1. The molecule has 0 heterocycles. The Morgan fingerprint density at radius 3 is 2.40 bits per heavy atom. The summed E-state index contributed by atoms with van der Waals surface area (Å²) in [7, 11) is -3.45. The summed E-state index contributed by atoms with van der Waals surface area (Å²) in [4.78, 5) is 10.1. The van der Waals surface area contributed by atoms with E-state index in [0.29, 0.717) is 5.56 Å². The number of carbonyl (C=O) groups excluding carboxylic acids is 1. The summed E-state index contributed by atoms with van der Waals surface area (Å²) < 4.78 is 28.6. The molecule has 81 valence electrons. The lowest BCUT2D eigenvalue weighted by Crippen LogP contribution is -2.29. The zero-order valence-electron chi connectivity index (χ0n) is 8.01. The Kier molecular flexibility index (Phi) is 3.81. The summed E-state index contributed by atoms with van der Waals surface area (Å²) in [6.45, 7) is 1.21. The lowest BCUT2D eigenvalue weighted by atomic mass is 10.2. The number of hydrogen-bond donors (Lipinski definition) is 1. The van der Waals surface area contributed by atoms with Gasteiger partial charge in [-0.2, -0.15) is 4.72 Å². The quantitative estimate of drug-likeness (QED) is 0.736. The molecule has 0 aliphatic heterocycles. The van der Waals surface area contributed by atoms with E-state index in [1.165, 1.54) is 6.47 Å². The van der Waals surface area contributed by atoms with Gasteiger partial charge in [0.25, 0.3) is 0 Å². The third kappa shape index (κ3) is 4.09. The van der Waals surface area contributed by atoms with E-state index in [9.17, 15) is 13.2 Å². The first-order valence-corrected chi connectivity index (χ1v) is 5.97. The molecule has 0 aliphatic rings. The van der Waals surface area contributed by atoms with Crippen LogP contribution in [0.25, 0.3) is 0 Å². The van der Waals surface area contributed by atoms with E-state index in [-0.39, 0.29) is 0 Å². The van der Waals surface area contributed by atoms with Gasteiger partial charge in [0, 0.05) is 5.56 Å². The smallest absolute Gasteiger partial charge is 0.419 e. The minimum absolute atomic E-state index is 0.534. The second kappa shape index (κ2) is 4.90. The van der Waals surface area contributed by atoms with Crippen LogP contribution in [-0.4, -0.2) is 21.1 Å². The molecule has 0 aliphatic carbocycles. The fourth-order valence-corrected chi connectivity index (χ4v) is 1.60. The Morgan fingerprint density at radius 1 is 1.33 bits per heavy atom. The van der Waals surface area contributed by atoms with Crippen molar-refractivity contribution in [1.82, 2.24) is 4.72 Å². The molecule has 6 heteroatoms. The maximum atomic E-state index is 11.0. The number of benzene rings is 1. The van der Waals surface area contributed by atoms with Gasteiger partial charge in [-0.25, -0.2) is 13.2 Å². The number of rotatable bonds is 5. The predicted molar refractivity (Wildman–Crippen MR) is 53.9 cm³/mol. The molecule has 1 N–H and O–H groups in total. The first-order valence-electron chi connectivity index (χ1n) is 4.08. The third-order valence-electron chi connectivity index (χ3n) is 1.59. The fraction of sp³-hybridized carbons (Fsp3) is 0.222. The van der Waals surface area contributed by atoms with Crippen molar-refractivity contribution in [3.05, 3.63) is 35.9 Å². The Morgan fingerprint density at radius 2 is 1.93 bits per heavy atom. The highest BCUT2D eigenvalue weighted by Crippen LogP contribution is 2.13. The molecule has 1 aromatic carbocycles. The molecule has 1 aromatic rings. The minimum atomic E-state index is -3.45. The number of ether oxygens (including phenoxy) is 1. The van der Waals surface area contributed by atoms with Gasteiger partial charge in [0.2, 0.25) is 10.0 Å². The molecule has 1 rings (SSSR count). The maximum absolute atomic E-state index is 11.0. The predicted octanol–water partition coefficient (Wildman–Crippen LogP) is 0.318. The van der Waals surface area contributed by atoms with E-state index >= 15 is 0 Å². The molecule has 0 saturated carbocycles. The van der Waals surface area contributed by atoms with Crippen molar-refractivity contribution < 1.29 is 17.9 Å². The second-order valence-electron chi connectivity index (χ2n) is 2.88. The Bertz CT molecular complexity index is 415. The van der Waals surface area contributed by atoms with Crippen LogP contribution in [0.15, 0.2) is 30.3 Å². The molecule has 0 amide bonds. The molecule has 0 aromatic heterocycles. The lowest BCUT2D eigenvalue weighted by molar-refractivity contribution is 0.169. The first-order chi connectivity index (χ1) is 7.03. The first kappa shape index (κ1) is 11.7. The summed E-state index contributed by atoms with van der Waals surface area (Å²) >= 11 is 0. The van der Waals surface area contributed by atoms with Gasteiger partial charge in [0.1, 0.15) is 0 Å². The van der Waals surface area contributed by atoms with Crippen LogP contribution in [0, 0.1) is 0 Å². The lowest BCUT2D eigenvalue weighted by Gasteiger charge is -2.14. The Hall–Kier alpha value is -1.40. The molecule has 0 spiro atoms.